The largest absolute Gasteiger partial charge is 0.355 e. The van der Waals surface area contributed by atoms with Gasteiger partial charge in [-0.3, -0.25) is 4.79 Å². The molecule has 2 N–H and O–H groups in total. The number of amides is 1. The highest BCUT2D eigenvalue weighted by atomic mass is 32.2. The van der Waals surface area contributed by atoms with E-state index >= 15 is 0 Å². The fourth-order valence-corrected chi connectivity index (χ4v) is 2.62. The number of carbonyl (C=O) groups is 1. The Kier molecular flexibility index (Phi) is 5.62. The summed E-state index contributed by atoms with van der Waals surface area (Å²) in [6.07, 6.45) is 5.44. The summed E-state index contributed by atoms with van der Waals surface area (Å²) in [7, 11) is 0. The molecule has 1 amide bonds. The average molecular weight is 244 g/mol. The Balaban J connectivity index is 2.34. The van der Waals surface area contributed by atoms with Crippen LogP contribution >= 0.6 is 11.8 Å². The maximum Gasteiger partial charge on any atom is 0.237 e. The minimum Gasteiger partial charge on any atom is -0.355 e. The van der Waals surface area contributed by atoms with Gasteiger partial charge in [0.25, 0.3) is 0 Å². The van der Waals surface area contributed by atoms with Crippen molar-refractivity contribution < 1.29 is 4.79 Å². The lowest BCUT2D eigenvalue weighted by Crippen LogP contribution is -2.55. The van der Waals surface area contributed by atoms with Gasteiger partial charge in [0.05, 0.1) is 6.04 Å². The molecular formula is C12H24N2OS. The fraction of sp³-hybridized carbons (Fsp3) is 0.917. The summed E-state index contributed by atoms with van der Waals surface area (Å²) in [5.74, 6) is 1.28. The van der Waals surface area contributed by atoms with Crippen LogP contribution in [-0.2, 0) is 4.79 Å². The van der Waals surface area contributed by atoms with Gasteiger partial charge in [0.15, 0.2) is 0 Å². The molecular weight excluding hydrogens is 220 g/mol. The second kappa shape index (κ2) is 6.50. The predicted octanol–water partition coefficient (Wildman–Crippen LogP) is 1.63. The summed E-state index contributed by atoms with van der Waals surface area (Å²) in [6.45, 7) is 6.11. The third-order valence-electron chi connectivity index (χ3n) is 3.21. The zero-order chi connectivity index (χ0) is 12.0. The summed E-state index contributed by atoms with van der Waals surface area (Å²) in [6, 6.07) is -0.0180. The number of piperidine rings is 1. The quantitative estimate of drug-likeness (QED) is 0.722. The van der Waals surface area contributed by atoms with Crippen LogP contribution < -0.4 is 10.6 Å². The van der Waals surface area contributed by atoms with Crippen molar-refractivity contribution in [3.63, 3.8) is 0 Å². The van der Waals surface area contributed by atoms with Gasteiger partial charge in [-0.1, -0.05) is 13.8 Å². The topological polar surface area (TPSA) is 41.1 Å². The molecule has 0 radical (unpaired) electrons. The third kappa shape index (κ3) is 3.98. The SMILES string of the molecule is CSCCCNC(=O)C1NCCCC1(C)C. The highest BCUT2D eigenvalue weighted by Gasteiger charge is 2.36. The van der Waals surface area contributed by atoms with E-state index in [1.807, 2.05) is 11.8 Å². The normalized spacial score (nSPS) is 24.1. The number of rotatable bonds is 5. The van der Waals surface area contributed by atoms with Crippen molar-refractivity contribution in [1.82, 2.24) is 10.6 Å². The second-order valence-corrected chi connectivity index (χ2v) is 6.10. The molecule has 94 valence electrons. The van der Waals surface area contributed by atoms with E-state index in [0.717, 1.165) is 31.7 Å². The minimum absolute atomic E-state index is 0.0180. The summed E-state index contributed by atoms with van der Waals surface area (Å²) in [4.78, 5) is 12.0. The van der Waals surface area contributed by atoms with Crippen LogP contribution in [0.25, 0.3) is 0 Å². The number of thioether (sulfide) groups is 1. The lowest BCUT2D eigenvalue weighted by Gasteiger charge is -2.38. The monoisotopic (exact) mass is 244 g/mol. The van der Waals surface area contributed by atoms with E-state index in [1.54, 1.807) is 0 Å². The van der Waals surface area contributed by atoms with E-state index in [9.17, 15) is 4.79 Å². The predicted molar refractivity (Wildman–Crippen MR) is 70.8 cm³/mol. The van der Waals surface area contributed by atoms with Crippen molar-refractivity contribution in [2.24, 2.45) is 5.41 Å². The molecule has 1 aliphatic heterocycles. The summed E-state index contributed by atoms with van der Waals surface area (Å²) < 4.78 is 0. The number of hydrogen-bond acceptors (Lipinski definition) is 3. The molecule has 1 aliphatic rings. The molecule has 3 nitrogen and oxygen atoms in total. The van der Waals surface area contributed by atoms with Gasteiger partial charge in [-0.25, -0.2) is 0 Å². The fourth-order valence-electron chi connectivity index (χ4n) is 2.19. The highest BCUT2D eigenvalue weighted by molar-refractivity contribution is 7.98. The van der Waals surface area contributed by atoms with Crippen molar-refractivity contribution in [1.29, 1.82) is 0 Å². The zero-order valence-electron chi connectivity index (χ0n) is 10.6. The van der Waals surface area contributed by atoms with Crippen LogP contribution in [0.5, 0.6) is 0 Å². The second-order valence-electron chi connectivity index (χ2n) is 5.12. The molecule has 0 aromatic heterocycles. The number of hydrogen-bond donors (Lipinski definition) is 2. The molecule has 1 unspecified atom stereocenters. The van der Waals surface area contributed by atoms with Crippen molar-refractivity contribution in [3.05, 3.63) is 0 Å². The molecule has 4 heteroatoms. The molecule has 0 aromatic carbocycles. The first-order valence-electron chi connectivity index (χ1n) is 6.08. The van der Waals surface area contributed by atoms with E-state index in [1.165, 1.54) is 6.42 Å². The van der Waals surface area contributed by atoms with Crippen molar-refractivity contribution in [2.75, 3.05) is 25.1 Å². The molecule has 0 aliphatic carbocycles. The Bertz CT molecular complexity index is 231. The van der Waals surface area contributed by atoms with Gasteiger partial charge in [-0.2, -0.15) is 11.8 Å². The Hall–Kier alpha value is -0.220. The van der Waals surface area contributed by atoms with Crippen LogP contribution in [0.4, 0.5) is 0 Å². The first-order chi connectivity index (χ1) is 7.58. The van der Waals surface area contributed by atoms with Crippen LogP contribution in [0, 0.1) is 5.41 Å². The van der Waals surface area contributed by atoms with Gasteiger partial charge in [-0.05, 0) is 43.2 Å². The number of carbonyl (C=O) groups excluding carboxylic acids is 1. The van der Waals surface area contributed by atoms with Gasteiger partial charge >= 0.3 is 0 Å². The highest BCUT2D eigenvalue weighted by Crippen LogP contribution is 2.29. The van der Waals surface area contributed by atoms with Crippen LogP contribution in [0.1, 0.15) is 33.1 Å². The Labute approximate surface area is 103 Å². The van der Waals surface area contributed by atoms with Gasteiger partial charge in [-0.15, -0.1) is 0 Å². The van der Waals surface area contributed by atoms with Crippen LogP contribution in [0.15, 0.2) is 0 Å². The molecule has 16 heavy (non-hydrogen) atoms. The lowest BCUT2D eigenvalue weighted by molar-refractivity contribution is -0.126. The Morgan fingerprint density at radius 2 is 2.31 bits per heavy atom. The van der Waals surface area contributed by atoms with Crippen molar-refractivity contribution >= 4 is 17.7 Å². The third-order valence-corrected chi connectivity index (χ3v) is 3.91. The maximum atomic E-state index is 12.0. The van der Waals surface area contributed by atoms with E-state index in [4.69, 9.17) is 0 Å². The summed E-state index contributed by atoms with van der Waals surface area (Å²) >= 11 is 1.82. The summed E-state index contributed by atoms with van der Waals surface area (Å²) in [5.41, 5.74) is 0.0852. The smallest absolute Gasteiger partial charge is 0.237 e. The van der Waals surface area contributed by atoms with Gasteiger partial charge in [0.2, 0.25) is 5.91 Å². The zero-order valence-corrected chi connectivity index (χ0v) is 11.5. The minimum atomic E-state index is -0.0180. The van der Waals surface area contributed by atoms with E-state index in [-0.39, 0.29) is 17.4 Å². The lowest BCUT2D eigenvalue weighted by atomic mass is 9.77. The molecule has 0 saturated carbocycles. The van der Waals surface area contributed by atoms with Crippen LogP contribution in [-0.4, -0.2) is 37.0 Å². The molecule has 1 fully saturated rings. The molecule has 0 bridgehead atoms. The molecule has 0 spiro atoms. The van der Waals surface area contributed by atoms with Crippen molar-refractivity contribution in [2.45, 2.75) is 39.2 Å². The Morgan fingerprint density at radius 1 is 1.56 bits per heavy atom. The van der Waals surface area contributed by atoms with Crippen molar-refractivity contribution in [3.8, 4) is 0 Å². The first-order valence-corrected chi connectivity index (χ1v) is 7.47. The maximum absolute atomic E-state index is 12.0. The average Bonchev–Trinajstić information content (AvgIpc) is 2.23. The van der Waals surface area contributed by atoms with E-state index in [0.29, 0.717) is 0 Å². The molecule has 1 saturated heterocycles. The van der Waals surface area contributed by atoms with Gasteiger partial charge < -0.3 is 10.6 Å². The standard InChI is InChI=1S/C12H24N2OS/c1-12(2)6-4-7-13-10(12)11(15)14-8-5-9-16-3/h10,13H,4-9H2,1-3H3,(H,14,15). The number of nitrogens with one attached hydrogen (secondary N) is 2. The van der Waals surface area contributed by atoms with E-state index in [2.05, 4.69) is 30.7 Å². The van der Waals surface area contributed by atoms with Crippen LogP contribution in [0.2, 0.25) is 0 Å². The van der Waals surface area contributed by atoms with Crippen LogP contribution in [0.3, 0.4) is 0 Å². The van der Waals surface area contributed by atoms with E-state index < -0.39 is 0 Å². The molecule has 1 heterocycles. The molecule has 1 atom stereocenters. The van der Waals surface area contributed by atoms with Gasteiger partial charge in [0, 0.05) is 6.54 Å². The van der Waals surface area contributed by atoms with Gasteiger partial charge in [0.1, 0.15) is 0 Å². The Morgan fingerprint density at radius 3 is 2.94 bits per heavy atom. The first kappa shape index (κ1) is 13.8. The molecule has 0 aromatic rings. The molecule has 1 rings (SSSR count). The summed E-state index contributed by atoms with van der Waals surface area (Å²) in [5, 5.41) is 6.36.